The van der Waals surface area contributed by atoms with Gasteiger partial charge in [0.05, 0.1) is 24.4 Å². The molecule has 4 fully saturated rings. The molecule has 1 aromatic rings. The number of hydrogen-bond acceptors (Lipinski definition) is 6. The summed E-state index contributed by atoms with van der Waals surface area (Å²) in [7, 11) is -5.36. The minimum Gasteiger partial charge on any atom is -0.412 e. The zero-order valence-electron chi connectivity index (χ0n) is 30.3. The van der Waals surface area contributed by atoms with Crippen molar-refractivity contribution < 1.29 is 27.7 Å². The minimum absolute atomic E-state index is 0.0292. The van der Waals surface area contributed by atoms with Crippen molar-refractivity contribution in [3.05, 3.63) is 53.6 Å². The van der Waals surface area contributed by atoms with E-state index in [4.69, 9.17) is 18.0 Å². The van der Waals surface area contributed by atoms with Crippen LogP contribution in [0.25, 0.3) is 0 Å². The number of phosphoric ester groups is 1. The van der Waals surface area contributed by atoms with Crippen molar-refractivity contribution in [3.63, 3.8) is 0 Å². The topological polar surface area (TPSA) is 74.2 Å². The molecule has 4 aliphatic rings. The van der Waals surface area contributed by atoms with E-state index in [2.05, 4.69) is 60.6 Å². The van der Waals surface area contributed by atoms with Crippen LogP contribution in [0.3, 0.4) is 0 Å². The Morgan fingerprint density at radius 3 is 2.53 bits per heavy atom. The number of fused-ring (bicyclic) bond motifs is 2. The number of hydrogen-bond donors (Lipinski definition) is 1. The molecule has 8 heteroatoms. The smallest absolute Gasteiger partial charge is 0.412 e. The molecule has 47 heavy (non-hydrogen) atoms. The van der Waals surface area contributed by atoms with Gasteiger partial charge >= 0.3 is 7.82 Å². The third kappa shape index (κ3) is 8.57. The van der Waals surface area contributed by atoms with E-state index in [-0.39, 0.29) is 24.2 Å². The molecule has 0 unspecified atom stereocenters. The van der Waals surface area contributed by atoms with Crippen LogP contribution in [0.1, 0.15) is 113 Å². The summed E-state index contributed by atoms with van der Waals surface area (Å²) in [5, 5.41) is 11.0. The van der Waals surface area contributed by atoms with Crippen LogP contribution in [-0.4, -0.2) is 37.8 Å². The summed E-state index contributed by atoms with van der Waals surface area (Å²) >= 11 is 0. The molecule has 8 atom stereocenters. The van der Waals surface area contributed by atoms with Crippen molar-refractivity contribution in [1.82, 2.24) is 0 Å². The van der Waals surface area contributed by atoms with Crippen molar-refractivity contribution in [2.75, 3.05) is 6.61 Å². The Balaban J connectivity index is 1.19. The van der Waals surface area contributed by atoms with Gasteiger partial charge in [-0.15, -0.1) is 0 Å². The Hall–Kier alpha value is -1.21. The molecule has 264 valence electrons. The normalized spacial score (nSPS) is 35.4. The molecule has 0 aromatic heterocycles. The lowest BCUT2D eigenvalue weighted by atomic mass is 9.60. The zero-order chi connectivity index (χ0) is 33.9. The first-order valence-electron chi connectivity index (χ1n) is 18.8. The molecular formula is C39H63O6PSi. The van der Waals surface area contributed by atoms with Gasteiger partial charge in [-0.05, 0) is 119 Å². The number of benzene rings is 1. The maximum Gasteiger partial charge on any atom is 0.530 e. The van der Waals surface area contributed by atoms with E-state index in [0.717, 1.165) is 24.3 Å². The highest BCUT2D eigenvalue weighted by Crippen LogP contribution is 2.60. The fraction of sp³-hybridized carbons (Fsp3) is 0.744. The summed E-state index contributed by atoms with van der Waals surface area (Å²) in [6, 6.07) is 12.6. The summed E-state index contributed by atoms with van der Waals surface area (Å²) < 4.78 is 37.5. The van der Waals surface area contributed by atoms with Gasteiger partial charge in [0.15, 0.2) is 8.32 Å². The van der Waals surface area contributed by atoms with E-state index in [0.29, 0.717) is 35.8 Å². The monoisotopic (exact) mass is 686 g/mol. The van der Waals surface area contributed by atoms with E-state index < -0.39 is 22.2 Å². The highest BCUT2D eigenvalue weighted by Gasteiger charge is 2.51. The minimum atomic E-state index is -3.75. The van der Waals surface area contributed by atoms with Crippen LogP contribution >= 0.6 is 7.82 Å². The SMILES string of the molecule is CC[Si](CC)(CC)OC(C)(C)CCC[C@@H](C)[C@H]1CC[C@H]2/C(=C/C=C3/C[C@@H](O)[C@@H]4CO[P@@](=O)(Oc5ccccc5)O[C@@H]4C3)CCC[C@]12C. The van der Waals surface area contributed by atoms with Gasteiger partial charge < -0.3 is 14.1 Å². The molecule has 1 heterocycles. The first-order chi connectivity index (χ1) is 22.3. The quantitative estimate of drug-likeness (QED) is 0.164. The molecule has 6 nitrogen and oxygen atoms in total. The molecule has 5 rings (SSSR count). The second-order valence-corrected chi connectivity index (χ2v) is 22.3. The van der Waals surface area contributed by atoms with Gasteiger partial charge in [0, 0.05) is 5.92 Å². The van der Waals surface area contributed by atoms with Crippen molar-refractivity contribution >= 4 is 16.1 Å². The van der Waals surface area contributed by atoms with Gasteiger partial charge in [-0.2, -0.15) is 0 Å². The van der Waals surface area contributed by atoms with Gasteiger partial charge in [0.25, 0.3) is 0 Å². The van der Waals surface area contributed by atoms with Gasteiger partial charge in [0.2, 0.25) is 0 Å². The second-order valence-electron chi connectivity index (χ2n) is 16.1. The number of aliphatic hydroxyl groups excluding tert-OH is 1. The Labute approximate surface area is 286 Å². The fourth-order valence-electron chi connectivity index (χ4n) is 9.76. The predicted octanol–water partition coefficient (Wildman–Crippen LogP) is 11.0. The van der Waals surface area contributed by atoms with Crippen molar-refractivity contribution in [3.8, 4) is 5.75 Å². The number of aliphatic hydroxyl groups is 1. The van der Waals surface area contributed by atoms with Gasteiger partial charge in [-0.25, -0.2) is 4.57 Å². The van der Waals surface area contributed by atoms with Crippen LogP contribution in [0, 0.1) is 29.1 Å². The molecule has 0 spiro atoms. The van der Waals surface area contributed by atoms with Crippen molar-refractivity contribution in [1.29, 1.82) is 0 Å². The third-order valence-electron chi connectivity index (χ3n) is 12.7. The second kappa shape index (κ2) is 15.4. The average molecular weight is 687 g/mol. The van der Waals surface area contributed by atoms with Gasteiger partial charge in [-0.3, -0.25) is 9.05 Å². The Morgan fingerprint density at radius 2 is 1.83 bits per heavy atom. The molecule has 1 aromatic carbocycles. The van der Waals surface area contributed by atoms with E-state index >= 15 is 0 Å². The van der Waals surface area contributed by atoms with Crippen molar-refractivity contribution in [2.24, 2.45) is 29.1 Å². The molecule has 1 N–H and O–H groups in total. The lowest BCUT2D eigenvalue weighted by Crippen LogP contribution is -2.44. The highest BCUT2D eigenvalue weighted by atomic mass is 31.2. The lowest BCUT2D eigenvalue weighted by Gasteiger charge is -2.44. The molecule has 3 saturated carbocycles. The van der Waals surface area contributed by atoms with Crippen molar-refractivity contribution in [2.45, 2.75) is 149 Å². The first-order valence-corrected chi connectivity index (χ1v) is 22.8. The van der Waals surface area contributed by atoms with Crippen LogP contribution in [0.5, 0.6) is 5.75 Å². The summed E-state index contributed by atoms with van der Waals surface area (Å²) in [6.45, 7) is 16.9. The van der Waals surface area contributed by atoms with E-state index in [9.17, 15) is 9.67 Å². The number of para-hydroxylation sites is 1. The highest BCUT2D eigenvalue weighted by molar-refractivity contribution is 7.49. The maximum atomic E-state index is 13.3. The largest absolute Gasteiger partial charge is 0.530 e. The van der Waals surface area contributed by atoms with Gasteiger partial charge in [0.1, 0.15) is 5.75 Å². The Morgan fingerprint density at radius 1 is 1.11 bits per heavy atom. The van der Waals surface area contributed by atoms with Crippen LogP contribution in [-0.2, 0) is 18.0 Å². The van der Waals surface area contributed by atoms with Crippen LogP contribution < -0.4 is 4.52 Å². The van der Waals surface area contributed by atoms with E-state index in [1.54, 1.807) is 17.7 Å². The zero-order valence-corrected chi connectivity index (χ0v) is 32.2. The van der Waals surface area contributed by atoms with E-state index in [1.165, 1.54) is 56.7 Å². The summed E-state index contributed by atoms with van der Waals surface area (Å²) in [4.78, 5) is 0. The average Bonchev–Trinajstić information content (AvgIpc) is 3.40. The maximum absolute atomic E-state index is 13.3. The summed E-state index contributed by atoms with van der Waals surface area (Å²) in [5.41, 5.74) is 3.06. The first kappa shape index (κ1) is 37.1. The molecule has 3 aliphatic carbocycles. The molecule has 1 aliphatic heterocycles. The molecule has 0 radical (unpaired) electrons. The Bertz CT molecular complexity index is 1280. The molecule has 0 amide bonds. The van der Waals surface area contributed by atoms with Crippen LogP contribution in [0.2, 0.25) is 18.1 Å². The fourth-order valence-corrected chi connectivity index (χ4v) is 14.4. The standard InChI is InChI=1S/C39H63O6PSi/c1-8-47(9-2,10-3)45-38(5,6)24-14-16-29(4)34-22-23-35-31(17-15-25-39(34,35)7)21-20-30-26-36(40)33-28-42-46(41,44-37(33)27-30)43-32-18-12-11-13-19-32/h11-13,18-21,29,33-37,40H,8-10,14-17,22-28H2,1-7H3/b30-20-,31-21+/t29-,33+,34-,35+,36-,37-,39-,46+/m1/s1. The third-order valence-corrected chi connectivity index (χ3v) is 19.0. The number of rotatable bonds is 13. The molecule has 1 saturated heterocycles. The molecule has 0 bridgehead atoms. The lowest BCUT2D eigenvalue weighted by molar-refractivity contribution is -0.0633. The van der Waals surface area contributed by atoms with E-state index in [1.807, 2.05) is 18.2 Å². The van der Waals surface area contributed by atoms with Crippen LogP contribution in [0.4, 0.5) is 0 Å². The summed E-state index contributed by atoms with van der Waals surface area (Å²) in [6.07, 6.45) is 14.9. The molecular weight excluding hydrogens is 623 g/mol. The predicted molar refractivity (Wildman–Crippen MR) is 194 cm³/mol. The summed E-state index contributed by atoms with van der Waals surface area (Å²) in [5.74, 6) is 2.36. The van der Waals surface area contributed by atoms with Gasteiger partial charge in [-0.1, -0.05) is 89.0 Å². The Kier molecular flexibility index (Phi) is 12.1. The van der Waals surface area contributed by atoms with Crippen LogP contribution in [0.15, 0.2) is 53.6 Å². The number of allylic oxidation sites excluding steroid dienone is 3. The number of phosphoric acid groups is 1.